The Bertz CT molecular complexity index is 1040. The van der Waals surface area contributed by atoms with Gasteiger partial charge in [0.25, 0.3) is 5.91 Å². The van der Waals surface area contributed by atoms with Gasteiger partial charge >= 0.3 is 5.97 Å². The lowest BCUT2D eigenvalue weighted by Gasteiger charge is -2.33. The summed E-state index contributed by atoms with van der Waals surface area (Å²) in [4.78, 5) is 27.0. The predicted molar refractivity (Wildman–Crippen MR) is 104 cm³/mol. The Balaban J connectivity index is 1.45. The first-order valence-electron chi connectivity index (χ1n) is 9.84. The molecule has 3 heterocycles. The van der Waals surface area contributed by atoms with Gasteiger partial charge in [-0.05, 0) is 38.3 Å². The van der Waals surface area contributed by atoms with E-state index in [0.29, 0.717) is 23.5 Å². The smallest absolute Gasteiger partial charge is 0.340 e. The van der Waals surface area contributed by atoms with Crippen LogP contribution < -0.4 is 0 Å². The summed E-state index contributed by atoms with van der Waals surface area (Å²) in [7, 11) is -3.11. The van der Waals surface area contributed by atoms with Gasteiger partial charge in [0, 0.05) is 18.3 Å². The number of ether oxygens (including phenoxy) is 1. The molecule has 1 atom stereocenters. The van der Waals surface area contributed by atoms with Crippen LogP contribution in [0.1, 0.15) is 48.3 Å². The van der Waals surface area contributed by atoms with Crippen LogP contribution in [0.3, 0.4) is 0 Å². The predicted octanol–water partition coefficient (Wildman–Crippen LogP) is 1.15. The maximum atomic E-state index is 12.9. The van der Waals surface area contributed by atoms with Crippen LogP contribution >= 0.6 is 0 Å². The number of rotatable bonds is 5. The van der Waals surface area contributed by atoms with Gasteiger partial charge in [0.05, 0.1) is 17.1 Å². The van der Waals surface area contributed by atoms with E-state index in [1.54, 1.807) is 34.6 Å². The third-order valence-corrected chi connectivity index (χ3v) is 7.49. The number of esters is 1. The van der Waals surface area contributed by atoms with E-state index >= 15 is 0 Å². The second-order valence-electron chi connectivity index (χ2n) is 7.77. The summed E-state index contributed by atoms with van der Waals surface area (Å²) >= 11 is 0. The van der Waals surface area contributed by atoms with Crippen LogP contribution in [0.25, 0.3) is 5.65 Å². The monoisotopic (exact) mass is 420 g/mol. The molecule has 0 radical (unpaired) electrons. The summed E-state index contributed by atoms with van der Waals surface area (Å²) in [6.07, 6.45) is 5.79. The SMILES string of the molecule is Cc1nnc2ccc(C(=O)OCC(=O)N(C3CCCC3)C3CCS(=O)(=O)C3)cn12. The molecule has 0 N–H and O–H groups in total. The number of nitrogens with zero attached hydrogens (tertiary/aromatic N) is 4. The molecule has 2 aromatic heterocycles. The number of pyridine rings is 1. The molecule has 2 aromatic rings. The van der Waals surface area contributed by atoms with Gasteiger partial charge in [0.2, 0.25) is 0 Å². The fourth-order valence-electron chi connectivity index (χ4n) is 4.29. The number of aryl methyl sites for hydroxylation is 1. The van der Waals surface area contributed by atoms with E-state index in [2.05, 4.69) is 10.2 Å². The van der Waals surface area contributed by atoms with Crippen molar-refractivity contribution in [3.05, 3.63) is 29.7 Å². The summed E-state index contributed by atoms with van der Waals surface area (Å²) in [6.45, 7) is 1.37. The molecular formula is C19H24N4O5S. The van der Waals surface area contributed by atoms with Crippen molar-refractivity contribution in [3.63, 3.8) is 0 Å². The van der Waals surface area contributed by atoms with Crippen molar-refractivity contribution in [1.29, 1.82) is 0 Å². The number of fused-ring (bicyclic) bond motifs is 1. The molecular weight excluding hydrogens is 396 g/mol. The van der Waals surface area contributed by atoms with Gasteiger partial charge in [0.15, 0.2) is 22.1 Å². The van der Waals surface area contributed by atoms with Crippen molar-refractivity contribution < 1.29 is 22.7 Å². The molecule has 0 spiro atoms. The Kier molecular flexibility index (Phi) is 5.28. The minimum Gasteiger partial charge on any atom is -0.452 e. The first-order chi connectivity index (χ1) is 13.8. The average molecular weight is 420 g/mol. The molecule has 1 aliphatic carbocycles. The van der Waals surface area contributed by atoms with Crippen LogP contribution in [0, 0.1) is 6.92 Å². The molecule has 1 unspecified atom stereocenters. The molecule has 2 aliphatic rings. The highest BCUT2D eigenvalue weighted by atomic mass is 32.2. The fourth-order valence-corrected chi connectivity index (χ4v) is 6.01. The highest BCUT2D eigenvalue weighted by molar-refractivity contribution is 7.91. The second-order valence-corrected chi connectivity index (χ2v) is 9.99. The van der Waals surface area contributed by atoms with Crippen LogP contribution in [0.4, 0.5) is 0 Å². The topological polar surface area (TPSA) is 111 Å². The lowest BCUT2D eigenvalue weighted by Crippen LogP contribution is -2.48. The van der Waals surface area contributed by atoms with Gasteiger partial charge in [-0.15, -0.1) is 10.2 Å². The zero-order chi connectivity index (χ0) is 20.6. The highest BCUT2D eigenvalue weighted by Crippen LogP contribution is 2.29. The average Bonchev–Trinajstić information content (AvgIpc) is 3.42. The summed E-state index contributed by atoms with van der Waals surface area (Å²) in [6, 6.07) is 2.93. The van der Waals surface area contributed by atoms with Gasteiger partial charge < -0.3 is 9.64 Å². The molecule has 0 bridgehead atoms. The maximum Gasteiger partial charge on any atom is 0.340 e. The molecule has 1 saturated heterocycles. The van der Waals surface area contributed by atoms with Crippen molar-refractivity contribution in [2.75, 3.05) is 18.1 Å². The molecule has 1 saturated carbocycles. The molecule has 1 aliphatic heterocycles. The van der Waals surface area contributed by atoms with Crippen LogP contribution in [0.5, 0.6) is 0 Å². The Morgan fingerprint density at radius 2 is 1.93 bits per heavy atom. The number of hydrogen-bond acceptors (Lipinski definition) is 7. The molecule has 0 aromatic carbocycles. The van der Waals surface area contributed by atoms with Crippen LogP contribution in [-0.2, 0) is 19.4 Å². The number of carbonyl (C=O) groups excluding carboxylic acids is 2. The van der Waals surface area contributed by atoms with Gasteiger partial charge in [-0.1, -0.05) is 12.8 Å². The number of aromatic nitrogens is 3. The Hall–Kier alpha value is -2.49. The van der Waals surface area contributed by atoms with Crippen LogP contribution in [0.15, 0.2) is 18.3 Å². The zero-order valence-corrected chi connectivity index (χ0v) is 17.1. The van der Waals surface area contributed by atoms with Crippen molar-refractivity contribution in [2.24, 2.45) is 0 Å². The minimum absolute atomic E-state index is 0.00718. The number of hydrogen-bond donors (Lipinski definition) is 0. The van der Waals surface area contributed by atoms with Gasteiger partial charge in [-0.3, -0.25) is 9.20 Å². The standard InChI is InChI=1S/C19H24N4O5S/c1-13-20-21-17-7-6-14(10-22(13)17)19(25)28-11-18(24)23(15-4-2-3-5-15)16-8-9-29(26,27)12-16/h6-7,10,15-16H,2-5,8-9,11-12H2,1H3. The molecule has 29 heavy (non-hydrogen) atoms. The number of sulfone groups is 1. The summed E-state index contributed by atoms with van der Waals surface area (Å²) in [5.41, 5.74) is 0.911. The van der Waals surface area contributed by atoms with E-state index in [1.807, 2.05) is 0 Å². The zero-order valence-electron chi connectivity index (χ0n) is 16.3. The fraction of sp³-hybridized carbons (Fsp3) is 0.579. The van der Waals surface area contributed by atoms with Gasteiger partial charge in [-0.25, -0.2) is 13.2 Å². The van der Waals surface area contributed by atoms with E-state index in [4.69, 9.17) is 4.74 Å². The molecule has 9 nitrogen and oxygen atoms in total. The van der Waals surface area contributed by atoms with Crippen LogP contribution in [0.2, 0.25) is 0 Å². The van der Waals surface area contributed by atoms with Crippen LogP contribution in [-0.4, -0.2) is 70.0 Å². The van der Waals surface area contributed by atoms with E-state index in [0.717, 1.165) is 25.7 Å². The third-order valence-electron chi connectivity index (χ3n) is 5.74. The van der Waals surface area contributed by atoms with Crippen molar-refractivity contribution >= 4 is 27.4 Å². The first kappa shape index (κ1) is 19.8. The number of carbonyl (C=O) groups is 2. The highest BCUT2D eigenvalue weighted by Gasteiger charge is 2.39. The minimum atomic E-state index is -3.11. The van der Waals surface area contributed by atoms with Gasteiger partial charge in [-0.2, -0.15) is 0 Å². The third kappa shape index (κ3) is 4.12. The van der Waals surface area contributed by atoms with E-state index in [-0.39, 0.29) is 29.5 Å². The molecule has 10 heteroatoms. The van der Waals surface area contributed by atoms with Gasteiger partial charge in [0.1, 0.15) is 5.82 Å². The molecule has 156 valence electrons. The normalized spacial score (nSPS) is 21.5. The maximum absolute atomic E-state index is 12.9. The quantitative estimate of drug-likeness (QED) is 0.667. The van der Waals surface area contributed by atoms with Crippen molar-refractivity contribution in [3.8, 4) is 0 Å². The van der Waals surface area contributed by atoms with E-state index < -0.39 is 22.4 Å². The molecule has 4 rings (SSSR count). The second kappa shape index (κ2) is 7.74. The lowest BCUT2D eigenvalue weighted by molar-refractivity contribution is -0.139. The van der Waals surface area contributed by atoms with E-state index in [1.165, 1.54) is 0 Å². The molecule has 1 amide bonds. The summed E-state index contributed by atoms with van der Waals surface area (Å²) in [5, 5.41) is 7.91. The Morgan fingerprint density at radius 3 is 2.62 bits per heavy atom. The summed E-state index contributed by atoms with van der Waals surface area (Å²) < 4.78 is 30.8. The van der Waals surface area contributed by atoms with Crippen molar-refractivity contribution in [2.45, 2.75) is 51.1 Å². The largest absolute Gasteiger partial charge is 0.452 e. The van der Waals surface area contributed by atoms with Crippen molar-refractivity contribution in [1.82, 2.24) is 19.5 Å². The van der Waals surface area contributed by atoms with E-state index in [9.17, 15) is 18.0 Å². The summed E-state index contributed by atoms with van der Waals surface area (Å²) in [5.74, 6) is -0.202. The number of amides is 1. The first-order valence-corrected chi connectivity index (χ1v) is 11.7. The Morgan fingerprint density at radius 1 is 1.17 bits per heavy atom. The molecule has 2 fully saturated rings. The lowest BCUT2D eigenvalue weighted by atomic mass is 10.1. The Labute approximate surface area is 169 Å².